The standard InChI is InChI=1S/C14H17ClN2O2S/c1-9-8-10(15)2-3-11(9)17-13(18)14(12(16)20)4-6-19-7-5-14/h2-3,8H,4-7H2,1H3,(H2,16,20)(H,17,18). The maximum absolute atomic E-state index is 12.6. The van der Waals surface area contributed by atoms with Gasteiger partial charge in [0.2, 0.25) is 5.91 Å². The molecule has 20 heavy (non-hydrogen) atoms. The third kappa shape index (κ3) is 2.95. The zero-order chi connectivity index (χ0) is 14.8. The Kier molecular flexibility index (Phi) is 4.62. The summed E-state index contributed by atoms with van der Waals surface area (Å²) in [6, 6.07) is 5.32. The van der Waals surface area contributed by atoms with E-state index >= 15 is 0 Å². The number of aryl methyl sites for hydroxylation is 1. The Bertz CT molecular complexity index is 542. The highest BCUT2D eigenvalue weighted by molar-refractivity contribution is 7.80. The minimum atomic E-state index is -0.820. The van der Waals surface area contributed by atoms with E-state index in [1.807, 2.05) is 6.92 Å². The third-order valence-corrected chi connectivity index (χ3v) is 4.32. The average Bonchev–Trinajstić information content (AvgIpc) is 2.42. The van der Waals surface area contributed by atoms with Crippen molar-refractivity contribution >= 4 is 40.4 Å². The molecule has 1 heterocycles. The number of amides is 1. The summed E-state index contributed by atoms with van der Waals surface area (Å²) in [5.74, 6) is -0.168. The highest BCUT2D eigenvalue weighted by Gasteiger charge is 2.43. The predicted molar refractivity (Wildman–Crippen MR) is 84.1 cm³/mol. The first-order valence-corrected chi connectivity index (χ1v) is 7.19. The second-order valence-corrected chi connectivity index (χ2v) is 5.85. The highest BCUT2D eigenvalue weighted by atomic mass is 35.5. The number of rotatable bonds is 3. The normalized spacial score (nSPS) is 17.5. The number of benzene rings is 1. The number of ether oxygens (including phenoxy) is 1. The molecule has 2 rings (SSSR count). The lowest BCUT2D eigenvalue weighted by molar-refractivity contribution is -0.126. The van der Waals surface area contributed by atoms with Crippen LogP contribution in [0.5, 0.6) is 0 Å². The summed E-state index contributed by atoms with van der Waals surface area (Å²) in [5.41, 5.74) is 6.62. The molecule has 1 aliphatic heterocycles. The highest BCUT2D eigenvalue weighted by Crippen LogP contribution is 2.33. The predicted octanol–water partition coefficient (Wildman–Crippen LogP) is 2.67. The number of hydrogen-bond acceptors (Lipinski definition) is 3. The lowest BCUT2D eigenvalue weighted by Crippen LogP contribution is -2.49. The first kappa shape index (κ1) is 15.2. The molecular weight excluding hydrogens is 296 g/mol. The van der Waals surface area contributed by atoms with Gasteiger partial charge in [-0.1, -0.05) is 23.8 Å². The minimum Gasteiger partial charge on any atom is -0.392 e. The molecule has 6 heteroatoms. The summed E-state index contributed by atoms with van der Waals surface area (Å²) in [5, 5.41) is 3.54. The van der Waals surface area contributed by atoms with Crippen LogP contribution in [0.4, 0.5) is 5.69 Å². The van der Waals surface area contributed by atoms with Gasteiger partial charge in [-0.3, -0.25) is 4.79 Å². The zero-order valence-corrected chi connectivity index (χ0v) is 12.8. The second-order valence-electron chi connectivity index (χ2n) is 4.97. The van der Waals surface area contributed by atoms with E-state index in [0.29, 0.717) is 31.1 Å². The summed E-state index contributed by atoms with van der Waals surface area (Å²) in [7, 11) is 0. The van der Waals surface area contributed by atoms with Crippen molar-refractivity contribution in [2.75, 3.05) is 18.5 Å². The fourth-order valence-corrected chi connectivity index (χ4v) is 2.84. The zero-order valence-electron chi connectivity index (χ0n) is 11.2. The fraction of sp³-hybridized carbons (Fsp3) is 0.429. The molecule has 4 nitrogen and oxygen atoms in total. The van der Waals surface area contributed by atoms with Crippen LogP contribution in [0.1, 0.15) is 18.4 Å². The van der Waals surface area contributed by atoms with Crippen molar-refractivity contribution in [3.63, 3.8) is 0 Å². The van der Waals surface area contributed by atoms with Crippen LogP contribution in [0.25, 0.3) is 0 Å². The number of hydrogen-bond donors (Lipinski definition) is 2. The quantitative estimate of drug-likeness (QED) is 0.842. The number of thiocarbonyl (C=S) groups is 1. The number of nitrogens with one attached hydrogen (secondary N) is 1. The van der Waals surface area contributed by atoms with E-state index in [-0.39, 0.29) is 10.9 Å². The molecule has 1 aromatic carbocycles. The lowest BCUT2D eigenvalue weighted by atomic mass is 9.79. The Morgan fingerprint density at radius 3 is 2.65 bits per heavy atom. The van der Waals surface area contributed by atoms with Crippen LogP contribution in [-0.2, 0) is 9.53 Å². The summed E-state index contributed by atoms with van der Waals surface area (Å²) in [4.78, 5) is 12.8. The molecule has 0 aromatic heterocycles. The van der Waals surface area contributed by atoms with Gasteiger partial charge in [0.05, 0.1) is 4.99 Å². The Hall–Kier alpha value is -1.17. The Labute approximate surface area is 128 Å². The average molecular weight is 313 g/mol. The molecule has 0 aliphatic carbocycles. The number of halogens is 1. The molecule has 1 aliphatic rings. The van der Waals surface area contributed by atoms with E-state index in [4.69, 9.17) is 34.3 Å². The Balaban J connectivity index is 2.22. The van der Waals surface area contributed by atoms with Crippen LogP contribution >= 0.6 is 23.8 Å². The van der Waals surface area contributed by atoms with E-state index in [2.05, 4.69) is 5.32 Å². The van der Waals surface area contributed by atoms with Crippen LogP contribution in [0, 0.1) is 12.3 Å². The molecule has 3 N–H and O–H groups in total. The van der Waals surface area contributed by atoms with Crippen molar-refractivity contribution in [2.24, 2.45) is 11.1 Å². The van der Waals surface area contributed by atoms with Gasteiger partial charge in [-0.05, 0) is 43.5 Å². The third-order valence-electron chi connectivity index (χ3n) is 3.69. The van der Waals surface area contributed by atoms with Crippen molar-refractivity contribution in [1.82, 2.24) is 0 Å². The van der Waals surface area contributed by atoms with Gasteiger partial charge >= 0.3 is 0 Å². The van der Waals surface area contributed by atoms with E-state index in [0.717, 1.165) is 11.3 Å². The largest absolute Gasteiger partial charge is 0.392 e. The van der Waals surface area contributed by atoms with Gasteiger partial charge in [0.25, 0.3) is 0 Å². The smallest absolute Gasteiger partial charge is 0.237 e. The molecule has 0 atom stereocenters. The van der Waals surface area contributed by atoms with Crippen molar-refractivity contribution < 1.29 is 9.53 Å². The van der Waals surface area contributed by atoms with Gasteiger partial charge in [0.15, 0.2) is 0 Å². The number of carbonyl (C=O) groups is 1. The van der Waals surface area contributed by atoms with Gasteiger partial charge in [-0.2, -0.15) is 0 Å². The molecule has 0 unspecified atom stereocenters. The van der Waals surface area contributed by atoms with Gasteiger partial charge in [0, 0.05) is 23.9 Å². The molecule has 1 aromatic rings. The van der Waals surface area contributed by atoms with E-state index in [1.54, 1.807) is 18.2 Å². The van der Waals surface area contributed by atoms with Gasteiger partial charge in [-0.25, -0.2) is 0 Å². The summed E-state index contributed by atoms with van der Waals surface area (Å²) < 4.78 is 5.30. The summed E-state index contributed by atoms with van der Waals surface area (Å²) >= 11 is 11.0. The van der Waals surface area contributed by atoms with Crippen LogP contribution in [0.3, 0.4) is 0 Å². The number of carbonyl (C=O) groups excluding carboxylic acids is 1. The van der Waals surface area contributed by atoms with Crippen LogP contribution in [0.2, 0.25) is 5.02 Å². The molecular formula is C14H17ClN2O2S. The van der Waals surface area contributed by atoms with E-state index in [1.165, 1.54) is 0 Å². The second kappa shape index (κ2) is 6.08. The van der Waals surface area contributed by atoms with E-state index in [9.17, 15) is 4.79 Å². The molecule has 0 bridgehead atoms. The molecule has 1 saturated heterocycles. The van der Waals surface area contributed by atoms with E-state index < -0.39 is 5.41 Å². The first-order chi connectivity index (χ1) is 9.45. The molecule has 0 radical (unpaired) electrons. The first-order valence-electron chi connectivity index (χ1n) is 6.41. The van der Waals surface area contributed by atoms with Gasteiger partial charge < -0.3 is 15.8 Å². The molecule has 108 valence electrons. The van der Waals surface area contributed by atoms with Crippen molar-refractivity contribution in [3.05, 3.63) is 28.8 Å². The van der Waals surface area contributed by atoms with Crippen LogP contribution in [-0.4, -0.2) is 24.1 Å². The molecule has 1 amide bonds. The molecule has 1 fully saturated rings. The number of nitrogens with two attached hydrogens (primary N) is 1. The fourth-order valence-electron chi connectivity index (χ4n) is 2.31. The maximum Gasteiger partial charge on any atom is 0.237 e. The van der Waals surface area contributed by atoms with Crippen molar-refractivity contribution in [2.45, 2.75) is 19.8 Å². The number of anilines is 1. The molecule has 0 spiro atoms. The van der Waals surface area contributed by atoms with Crippen LogP contribution in [0.15, 0.2) is 18.2 Å². The Morgan fingerprint density at radius 1 is 1.45 bits per heavy atom. The van der Waals surface area contributed by atoms with Crippen LogP contribution < -0.4 is 11.1 Å². The van der Waals surface area contributed by atoms with Crippen molar-refractivity contribution in [1.29, 1.82) is 0 Å². The lowest BCUT2D eigenvalue weighted by Gasteiger charge is -2.34. The van der Waals surface area contributed by atoms with Gasteiger partial charge in [0.1, 0.15) is 5.41 Å². The monoisotopic (exact) mass is 312 g/mol. The Morgan fingerprint density at radius 2 is 2.10 bits per heavy atom. The summed E-state index contributed by atoms with van der Waals surface area (Å²) in [6.45, 7) is 2.87. The topological polar surface area (TPSA) is 64.4 Å². The van der Waals surface area contributed by atoms with Gasteiger partial charge in [-0.15, -0.1) is 0 Å². The summed E-state index contributed by atoms with van der Waals surface area (Å²) in [6.07, 6.45) is 1.03. The minimum absolute atomic E-state index is 0.168. The maximum atomic E-state index is 12.6. The SMILES string of the molecule is Cc1cc(Cl)ccc1NC(=O)C1(C(N)=S)CCOCC1. The van der Waals surface area contributed by atoms with Crippen molar-refractivity contribution in [3.8, 4) is 0 Å². The molecule has 0 saturated carbocycles.